The lowest BCUT2D eigenvalue weighted by atomic mass is 10.2. The topological polar surface area (TPSA) is 88.5 Å². The van der Waals surface area contributed by atoms with Crippen molar-refractivity contribution in [2.75, 3.05) is 10.6 Å². The first-order chi connectivity index (χ1) is 10.9. The van der Waals surface area contributed by atoms with Crippen molar-refractivity contribution in [3.05, 3.63) is 30.4 Å². The molecule has 7 nitrogen and oxygen atoms in total. The van der Waals surface area contributed by atoms with Crippen molar-refractivity contribution < 1.29 is 0 Å². The van der Waals surface area contributed by atoms with Crippen LogP contribution in [0.1, 0.15) is 43.7 Å². The molecule has 0 radical (unpaired) electrons. The second-order valence-electron chi connectivity index (χ2n) is 6.05. The van der Waals surface area contributed by atoms with Gasteiger partial charge in [-0.05, 0) is 38.2 Å². The molecule has 2 aliphatic rings. The van der Waals surface area contributed by atoms with Gasteiger partial charge in [0.1, 0.15) is 0 Å². The van der Waals surface area contributed by atoms with Crippen LogP contribution in [-0.4, -0.2) is 37.2 Å². The highest BCUT2D eigenvalue weighted by Crippen LogP contribution is 2.38. The number of nitrogens with one attached hydrogen (secondary N) is 2. The molecular formula is C15H19N7. The van der Waals surface area contributed by atoms with Crippen molar-refractivity contribution in [1.82, 2.24) is 25.1 Å². The van der Waals surface area contributed by atoms with E-state index in [9.17, 15) is 0 Å². The van der Waals surface area contributed by atoms with E-state index in [0.717, 1.165) is 25.0 Å². The monoisotopic (exact) mass is 297 g/mol. The van der Waals surface area contributed by atoms with E-state index in [4.69, 9.17) is 0 Å². The molecule has 2 aromatic heterocycles. The highest BCUT2D eigenvalue weighted by Gasteiger charge is 2.27. The van der Waals surface area contributed by atoms with Gasteiger partial charge in [-0.2, -0.15) is 0 Å². The van der Waals surface area contributed by atoms with Crippen molar-refractivity contribution in [3.8, 4) is 0 Å². The van der Waals surface area contributed by atoms with Gasteiger partial charge in [-0.3, -0.25) is 0 Å². The molecule has 2 fully saturated rings. The number of hydrogen-bond acceptors (Lipinski definition) is 7. The molecule has 2 saturated carbocycles. The molecule has 0 aliphatic heterocycles. The lowest BCUT2D eigenvalue weighted by Gasteiger charge is -2.14. The summed E-state index contributed by atoms with van der Waals surface area (Å²) in [5.41, 5.74) is 1.03. The normalized spacial score (nSPS) is 24.2. The molecule has 2 aliphatic carbocycles. The highest BCUT2D eigenvalue weighted by atomic mass is 15.2. The molecule has 0 spiro atoms. The Morgan fingerprint density at radius 1 is 0.818 bits per heavy atom. The zero-order chi connectivity index (χ0) is 14.8. The first-order valence-electron chi connectivity index (χ1n) is 7.86. The summed E-state index contributed by atoms with van der Waals surface area (Å²) in [4.78, 5) is 12.8. The molecule has 2 aromatic rings. The van der Waals surface area contributed by atoms with Crippen LogP contribution in [0, 0.1) is 0 Å². The molecule has 2 heterocycles. The Hall–Kier alpha value is -2.31. The van der Waals surface area contributed by atoms with E-state index in [1.165, 1.54) is 12.8 Å². The smallest absolute Gasteiger partial charge is 0.242 e. The number of anilines is 2. The fourth-order valence-corrected chi connectivity index (χ4v) is 2.90. The third-order valence-corrected chi connectivity index (χ3v) is 4.24. The third kappa shape index (κ3) is 3.13. The molecule has 7 heteroatoms. The Balaban J connectivity index is 1.30. The van der Waals surface area contributed by atoms with Crippen LogP contribution in [0.4, 0.5) is 11.9 Å². The molecular weight excluding hydrogens is 278 g/mol. The van der Waals surface area contributed by atoms with E-state index in [-0.39, 0.29) is 0 Å². The minimum Gasteiger partial charge on any atom is -0.351 e. The molecule has 2 N–H and O–H groups in total. The molecule has 0 unspecified atom stereocenters. The second kappa shape index (κ2) is 5.82. The first-order valence-corrected chi connectivity index (χ1v) is 7.86. The van der Waals surface area contributed by atoms with Gasteiger partial charge >= 0.3 is 0 Å². The summed E-state index contributed by atoms with van der Waals surface area (Å²) in [6.07, 6.45) is 11.0. The van der Waals surface area contributed by atoms with Gasteiger partial charge in [0.15, 0.2) is 0 Å². The minimum absolute atomic E-state index is 0.370. The van der Waals surface area contributed by atoms with Crippen molar-refractivity contribution in [3.63, 3.8) is 0 Å². The summed E-state index contributed by atoms with van der Waals surface area (Å²) in [6.45, 7) is 0. The number of hydrogen-bond donors (Lipinski definition) is 2. The molecule has 0 bridgehead atoms. The molecule has 0 saturated heterocycles. The van der Waals surface area contributed by atoms with Crippen LogP contribution in [0.2, 0.25) is 0 Å². The summed E-state index contributed by atoms with van der Waals surface area (Å²) in [5.74, 6) is 1.92. The molecule has 114 valence electrons. The van der Waals surface area contributed by atoms with Crippen LogP contribution in [-0.2, 0) is 0 Å². The van der Waals surface area contributed by atoms with E-state index in [1.807, 2.05) is 12.3 Å². The summed E-state index contributed by atoms with van der Waals surface area (Å²) in [7, 11) is 0. The van der Waals surface area contributed by atoms with Gasteiger partial charge in [-0.25, -0.2) is 15.0 Å². The summed E-state index contributed by atoms with van der Waals surface area (Å²) in [5, 5.41) is 15.2. The van der Waals surface area contributed by atoms with Crippen LogP contribution < -0.4 is 10.6 Å². The van der Waals surface area contributed by atoms with E-state index in [0.29, 0.717) is 29.9 Å². The SMILES string of the molecule is c1cnc(N[C@H]2CC[C@H](Nc3ncc(C4CC4)nn3)C2)nc1. The van der Waals surface area contributed by atoms with Gasteiger partial charge in [-0.1, -0.05) is 0 Å². The van der Waals surface area contributed by atoms with Gasteiger partial charge < -0.3 is 10.6 Å². The van der Waals surface area contributed by atoms with Crippen LogP contribution in [0.25, 0.3) is 0 Å². The van der Waals surface area contributed by atoms with Crippen LogP contribution in [0.15, 0.2) is 24.7 Å². The molecule has 2 atom stereocenters. The Bertz CT molecular complexity index is 612. The van der Waals surface area contributed by atoms with Crippen molar-refractivity contribution in [1.29, 1.82) is 0 Å². The quantitative estimate of drug-likeness (QED) is 0.872. The van der Waals surface area contributed by atoms with Gasteiger partial charge in [0, 0.05) is 30.4 Å². The van der Waals surface area contributed by atoms with Crippen LogP contribution in [0.3, 0.4) is 0 Å². The van der Waals surface area contributed by atoms with Crippen molar-refractivity contribution in [2.45, 2.75) is 50.1 Å². The average Bonchev–Trinajstić information content (AvgIpc) is 3.31. The largest absolute Gasteiger partial charge is 0.351 e. The van der Waals surface area contributed by atoms with Gasteiger partial charge in [0.25, 0.3) is 0 Å². The van der Waals surface area contributed by atoms with Crippen molar-refractivity contribution >= 4 is 11.9 Å². The van der Waals surface area contributed by atoms with E-state index in [2.05, 4.69) is 35.8 Å². The predicted octanol–water partition coefficient (Wildman–Crippen LogP) is 1.98. The Kier molecular flexibility index (Phi) is 3.54. The highest BCUT2D eigenvalue weighted by molar-refractivity contribution is 5.29. The van der Waals surface area contributed by atoms with E-state index < -0.39 is 0 Å². The lowest BCUT2D eigenvalue weighted by Crippen LogP contribution is -2.22. The summed E-state index contributed by atoms with van der Waals surface area (Å²) < 4.78 is 0. The maximum Gasteiger partial charge on any atom is 0.242 e. The third-order valence-electron chi connectivity index (χ3n) is 4.24. The van der Waals surface area contributed by atoms with Crippen molar-refractivity contribution in [2.24, 2.45) is 0 Å². The zero-order valence-electron chi connectivity index (χ0n) is 12.3. The Labute approximate surface area is 129 Å². The van der Waals surface area contributed by atoms with Crippen LogP contribution >= 0.6 is 0 Å². The number of rotatable bonds is 5. The Morgan fingerprint density at radius 3 is 2.18 bits per heavy atom. The van der Waals surface area contributed by atoms with Gasteiger partial charge in [0.2, 0.25) is 11.9 Å². The zero-order valence-corrected chi connectivity index (χ0v) is 12.3. The summed E-state index contributed by atoms with van der Waals surface area (Å²) in [6, 6.07) is 2.58. The standard InChI is InChI=1S/C15H19N7/c1-6-16-14(17-7-1)19-11-4-5-12(8-11)20-15-18-9-13(21-22-15)10-2-3-10/h1,6-7,9-12H,2-5,8H2,(H,16,17,19)(H,18,20,22)/t11-,12-/m0/s1. The lowest BCUT2D eigenvalue weighted by molar-refractivity contribution is 0.708. The Morgan fingerprint density at radius 2 is 1.55 bits per heavy atom. The second-order valence-corrected chi connectivity index (χ2v) is 6.05. The molecule has 22 heavy (non-hydrogen) atoms. The van der Waals surface area contributed by atoms with E-state index in [1.54, 1.807) is 12.4 Å². The first kappa shape index (κ1) is 13.4. The van der Waals surface area contributed by atoms with Gasteiger partial charge in [0.05, 0.1) is 11.9 Å². The number of nitrogens with zero attached hydrogens (tertiary/aromatic N) is 5. The fraction of sp³-hybridized carbons (Fsp3) is 0.533. The number of aromatic nitrogens is 5. The van der Waals surface area contributed by atoms with Gasteiger partial charge in [-0.15, -0.1) is 10.2 Å². The maximum absolute atomic E-state index is 4.38. The van der Waals surface area contributed by atoms with E-state index >= 15 is 0 Å². The minimum atomic E-state index is 0.370. The maximum atomic E-state index is 4.38. The molecule has 4 rings (SSSR count). The predicted molar refractivity (Wildman–Crippen MR) is 82.5 cm³/mol. The molecule has 0 amide bonds. The fourth-order valence-electron chi connectivity index (χ4n) is 2.90. The molecule has 0 aromatic carbocycles. The summed E-state index contributed by atoms with van der Waals surface area (Å²) >= 11 is 0. The van der Waals surface area contributed by atoms with Crippen LogP contribution in [0.5, 0.6) is 0 Å². The average molecular weight is 297 g/mol.